The summed E-state index contributed by atoms with van der Waals surface area (Å²) in [4.78, 5) is 14.8. The third kappa shape index (κ3) is 5.96. The molecule has 4 rings (SSSR count). The Bertz CT molecular complexity index is 1160. The number of anilines is 1. The van der Waals surface area contributed by atoms with Gasteiger partial charge in [-0.2, -0.15) is 5.10 Å². The van der Waals surface area contributed by atoms with E-state index in [-0.39, 0.29) is 17.8 Å². The number of carbonyl (C=O) groups excluding carboxylic acids is 1. The molecule has 2 N–H and O–H groups in total. The molecule has 0 radical (unpaired) electrons. The van der Waals surface area contributed by atoms with Gasteiger partial charge in [-0.15, -0.1) is 0 Å². The Balaban J connectivity index is 1.43. The van der Waals surface area contributed by atoms with Gasteiger partial charge in [-0.05, 0) is 62.3 Å². The molecule has 2 heterocycles. The SMILES string of the molecule is CC(C)(C)c1cc(CNC(=O)Nc2ccc(CN3CCCC3)c(F)c2)n(-c2cccc(Cl)c2)n1. The van der Waals surface area contributed by atoms with Crippen LogP contribution in [0.1, 0.15) is 50.6 Å². The van der Waals surface area contributed by atoms with E-state index in [0.717, 1.165) is 43.0 Å². The molecule has 2 aromatic carbocycles. The summed E-state index contributed by atoms with van der Waals surface area (Å²) < 4.78 is 16.4. The van der Waals surface area contributed by atoms with E-state index in [1.54, 1.807) is 22.9 Å². The Hall–Kier alpha value is -2.90. The van der Waals surface area contributed by atoms with Gasteiger partial charge in [0.2, 0.25) is 0 Å². The average Bonchev–Trinajstić information content (AvgIpc) is 3.44. The third-order valence-electron chi connectivity index (χ3n) is 5.94. The van der Waals surface area contributed by atoms with Gasteiger partial charge in [0.1, 0.15) is 5.82 Å². The van der Waals surface area contributed by atoms with Crippen LogP contribution in [0.5, 0.6) is 0 Å². The van der Waals surface area contributed by atoms with Crippen molar-refractivity contribution in [3.05, 3.63) is 76.3 Å². The fourth-order valence-corrected chi connectivity index (χ4v) is 4.21. The average molecular weight is 484 g/mol. The Morgan fingerprint density at radius 3 is 2.56 bits per heavy atom. The summed E-state index contributed by atoms with van der Waals surface area (Å²) in [6, 6.07) is 13.8. The predicted octanol–water partition coefficient (Wildman–Crippen LogP) is 5.88. The lowest BCUT2D eigenvalue weighted by atomic mass is 9.92. The predicted molar refractivity (Wildman–Crippen MR) is 134 cm³/mol. The van der Waals surface area contributed by atoms with Crippen LogP contribution in [0.3, 0.4) is 0 Å². The zero-order valence-corrected chi connectivity index (χ0v) is 20.6. The number of hydrogen-bond acceptors (Lipinski definition) is 3. The quantitative estimate of drug-likeness (QED) is 0.460. The van der Waals surface area contributed by atoms with E-state index in [1.165, 1.54) is 6.07 Å². The summed E-state index contributed by atoms with van der Waals surface area (Å²) in [5, 5.41) is 10.9. The number of likely N-dealkylation sites (tertiary alicyclic amines) is 1. The van der Waals surface area contributed by atoms with Crippen molar-refractivity contribution in [3.8, 4) is 5.69 Å². The van der Waals surface area contributed by atoms with Gasteiger partial charge >= 0.3 is 6.03 Å². The lowest BCUT2D eigenvalue weighted by molar-refractivity contribution is 0.251. The summed E-state index contributed by atoms with van der Waals surface area (Å²) >= 11 is 6.18. The van der Waals surface area contributed by atoms with Crippen LogP contribution in [0.15, 0.2) is 48.5 Å². The van der Waals surface area contributed by atoms with Crippen LogP contribution in [-0.2, 0) is 18.5 Å². The van der Waals surface area contributed by atoms with Gasteiger partial charge < -0.3 is 10.6 Å². The summed E-state index contributed by atoms with van der Waals surface area (Å²) in [5.41, 5.74) is 3.44. The highest BCUT2D eigenvalue weighted by Gasteiger charge is 2.21. The molecule has 0 spiro atoms. The number of halogens is 2. The van der Waals surface area contributed by atoms with Gasteiger partial charge in [-0.25, -0.2) is 13.9 Å². The largest absolute Gasteiger partial charge is 0.332 e. The number of urea groups is 1. The van der Waals surface area contributed by atoms with Gasteiger partial charge in [-0.1, -0.05) is 44.5 Å². The Morgan fingerprint density at radius 1 is 1.12 bits per heavy atom. The van der Waals surface area contributed by atoms with Crippen LogP contribution in [0.4, 0.5) is 14.9 Å². The first-order valence-corrected chi connectivity index (χ1v) is 12.0. The van der Waals surface area contributed by atoms with E-state index in [9.17, 15) is 9.18 Å². The molecule has 180 valence electrons. The maximum atomic E-state index is 14.6. The number of benzene rings is 2. The van der Waals surface area contributed by atoms with Gasteiger partial charge in [0.15, 0.2) is 0 Å². The van der Waals surface area contributed by atoms with Crippen LogP contribution in [0, 0.1) is 5.82 Å². The highest BCUT2D eigenvalue weighted by molar-refractivity contribution is 6.30. The minimum atomic E-state index is -0.414. The van der Waals surface area contributed by atoms with E-state index >= 15 is 0 Å². The third-order valence-corrected chi connectivity index (χ3v) is 6.17. The second-order valence-corrected chi connectivity index (χ2v) is 10.2. The molecule has 0 bridgehead atoms. The van der Waals surface area contributed by atoms with Crippen molar-refractivity contribution in [3.63, 3.8) is 0 Å². The van der Waals surface area contributed by atoms with Crippen LogP contribution in [0.25, 0.3) is 5.69 Å². The monoisotopic (exact) mass is 483 g/mol. The summed E-state index contributed by atoms with van der Waals surface area (Å²) in [5.74, 6) is -0.307. The summed E-state index contributed by atoms with van der Waals surface area (Å²) in [7, 11) is 0. The van der Waals surface area contributed by atoms with Gasteiger partial charge in [0.05, 0.1) is 23.6 Å². The van der Waals surface area contributed by atoms with Crippen molar-refractivity contribution in [2.24, 2.45) is 0 Å². The molecule has 1 aliphatic heterocycles. The first-order chi connectivity index (χ1) is 16.2. The molecule has 1 aromatic heterocycles. The number of aromatic nitrogens is 2. The maximum Gasteiger partial charge on any atom is 0.319 e. The minimum Gasteiger partial charge on any atom is -0.332 e. The number of rotatable bonds is 6. The van der Waals surface area contributed by atoms with Crippen LogP contribution in [-0.4, -0.2) is 33.8 Å². The number of nitrogens with one attached hydrogen (secondary N) is 2. The molecular weight excluding hydrogens is 453 g/mol. The number of hydrogen-bond donors (Lipinski definition) is 2. The Kier molecular flexibility index (Phi) is 7.24. The second-order valence-electron chi connectivity index (χ2n) is 9.76. The topological polar surface area (TPSA) is 62.2 Å². The smallest absolute Gasteiger partial charge is 0.319 e. The fraction of sp³-hybridized carbons (Fsp3) is 0.385. The van der Waals surface area contributed by atoms with Crippen LogP contribution in [0.2, 0.25) is 5.02 Å². The first kappa shape index (κ1) is 24.2. The number of nitrogens with zero attached hydrogens (tertiary/aromatic N) is 3. The maximum absolute atomic E-state index is 14.6. The molecule has 1 fully saturated rings. The van der Waals surface area contributed by atoms with Gasteiger partial charge in [0.25, 0.3) is 0 Å². The molecule has 6 nitrogen and oxygen atoms in total. The van der Waals surface area contributed by atoms with Crippen molar-refractivity contribution in [1.82, 2.24) is 20.0 Å². The summed E-state index contributed by atoms with van der Waals surface area (Å²) in [6.07, 6.45) is 2.32. The highest BCUT2D eigenvalue weighted by atomic mass is 35.5. The van der Waals surface area contributed by atoms with Crippen molar-refractivity contribution in [2.75, 3.05) is 18.4 Å². The van der Waals surface area contributed by atoms with Gasteiger partial charge in [0, 0.05) is 28.2 Å². The fourth-order valence-electron chi connectivity index (χ4n) is 4.02. The zero-order chi connectivity index (χ0) is 24.3. The molecule has 2 amide bonds. The molecule has 1 aliphatic rings. The molecule has 0 saturated carbocycles. The molecular formula is C26H31ClFN5O. The molecule has 3 aromatic rings. The van der Waals surface area contributed by atoms with E-state index in [1.807, 2.05) is 24.3 Å². The van der Waals surface area contributed by atoms with Crippen molar-refractivity contribution in [1.29, 1.82) is 0 Å². The second kappa shape index (κ2) is 10.2. The molecule has 8 heteroatoms. The van der Waals surface area contributed by atoms with E-state index in [0.29, 0.717) is 22.8 Å². The molecule has 1 saturated heterocycles. The van der Waals surface area contributed by atoms with E-state index in [2.05, 4.69) is 36.3 Å². The lowest BCUT2D eigenvalue weighted by Gasteiger charge is -2.16. The number of carbonyl (C=O) groups is 1. The van der Waals surface area contributed by atoms with Crippen LogP contribution < -0.4 is 10.6 Å². The van der Waals surface area contributed by atoms with Crippen molar-refractivity contribution in [2.45, 2.75) is 52.1 Å². The van der Waals surface area contributed by atoms with Crippen molar-refractivity contribution < 1.29 is 9.18 Å². The Labute approximate surface area is 205 Å². The van der Waals surface area contributed by atoms with Gasteiger partial charge in [-0.3, -0.25) is 4.90 Å². The van der Waals surface area contributed by atoms with Crippen LogP contribution >= 0.6 is 11.6 Å². The lowest BCUT2D eigenvalue weighted by Crippen LogP contribution is -2.29. The van der Waals surface area contributed by atoms with Crippen molar-refractivity contribution >= 4 is 23.3 Å². The zero-order valence-electron chi connectivity index (χ0n) is 19.9. The first-order valence-electron chi connectivity index (χ1n) is 11.6. The Morgan fingerprint density at radius 2 is 1.88 bits per heavy atom. The molecule has 0 unspecified atom stereocenters. The molecule has 34 heavy (non-hydrogen) atoms. The normalized spacial score (nSPS) is 14.4. The molecule has 0 atom stereocenters. The minimum absolute atomic E-state index is 0.158. The standard InChI is InChI=1S/C26H31ClFN5O/c1-26(2,3)24-15-22(33(31-24)21-8-6-7-19(27)13-21)16-29-25(34)30-20-10-9-18(23(28)14-20)17-32-11-4-5-12-32/h6-10,13-15H,4-5,11-12,16-17H2,1-3H3,(H2,29,30,34). The summed E-state index contributed by atoms with van der Waals surface area (Å²) in [6.45, 7) is 9.12. The molecule has 0 aliphatic carbocycles. The number of amides is 2. The highest BCUT2D eigenvalue weighted by Crippen LogP contribution is 2.25. The van der Waals surface area contributed by atoms with E-state index < -0.39 is 6.03 Å². The van der Waals surface area contributed by atoms with E-state index in [4.69, 9.17) is 16.7 Å².